The summed E-state index contributed by atoms with van der Waals surface area (Å²) in [6, 6.07) is 1.87. The molecule has 7 heteroatoms. The zero-order valence-electron chi connectivity index (χ0n) is 19.1. The number of hydrogen-bond donors (Lipinski definition) is 0. The summed E-state index contributed by atoms with van der Waals surface area (Å²) in [6.07, 6.45) is 3.64. The van der Waals surface area contributed by atoms with Crippen molar-refractivity contribution < 1.29 is 28.3 Å². The van der Waals surface area contributed by atoms with Gasteiger partial charge in [-0.1, -0.05) is 13.8 Å². The number of hydrogen-bond acceptors (Lipinski definition) is 7. The molecule has 1 saturated heterocycles. The normalized spacial score (nSPS) is 40.4. The van der Waals surface area contributed by atoms with Gasteiger partial charge < -0.3 is 18.8 Å². The van der Waals surface area contributed by atoms with Crippen molar-refractivity contribution in [3.05, 3.63) is 24.2 Å². The molecule has 2 aliphatic carbocycles. The first kappa shape index (κ1) is 22.2. The molecule has 0 amide bonds. The van der Waals surface area contributed by atoms with Gasteiger partial charge in [-0.25, -0.2) is 0 Å². The average molecular weight is 432 g/mol. The van der Waals surface area contributed by atoms with Crippen LogP contribution in [-0.2, 0) is 23.9 Å². The van der Waals surface area contributed by atoms with Crippen LogP contribution < -0.4 is 0 Å². The predicted octanol–water partition coefficient (Wildman–Crippen LogP) is 3.04. The Kier molecular flexibility index (Phi) is 5.63. The SMILES string of the molecule is CC(=O)O[C@H]1C[C@@H](CN(C)C)[C@]2(C)CC(=O)[C@@H]3CO[C@H](c4ccoc4)CC3(C)[C@H]2C1=O. The Balaban J connectivity index is 1.77. The van der Waals surface area contributed by atoms with E-state index in [4.69, 9.17) is 13.9 Å². The standard InChI is InChI=1S/C24H33NO6/c1-14(26)31-19-8-16(11-25(4)5)23(2)9-18(27)17-13-30-20(15-6-7-29-12-15)10-24(17,3)22(23)21(19)28/h6-7,12,16-17,19-20,22H,8-11,13H2,1-5H3/t16-,17-,19-,20-,22-,23-,24?/m0/s1. The highest BCUT2D eigenvalue weighted by molar-refractivity contribution is 5.94. The Morgan fingerprint density at radius 1 is 1.26 bits per heavy atom. The van der Waals surface area contributed by atoms with Crippen LogP contribution in [0.3, 0.4) is 0 Å². The topological polar surface area (TPSA) is 86.1 Å². The summed E-state index contributed by atoms with van der Waals surface area (Å²) >= 11 is 0. The van der Waals surface area contributed by atoms with Crippen molar-refractivity contribution >= 4 is 17.5 Å². The van der Waals surface area contributed by atoms with E-state index in [9.17, 15) is 14.4 Å². The molecule has 7 atom stereocenters. The van der Waals surface area contributed by atoms with Crippen molar-refractivity contribution in [2.75, 3.05) is 27.2 Å². The highest BCUT2D eigenvalue weighted by Gasteiger charge is 2.66. The molecule has 3 fully saturated rings. The van der Waals surface area contributed by atoms with Crippen LogP contribution >= 0.6 is 0 Å². The van der Waals surface area contributed by atoms with E-state index in [1.807, 2.05) is 20.2 Å². The van der Waals surface area contributed by atoms with Crippen molar-refractivity contribution in [2.24, 2.45) is 28.6 Å². The van der Waals surface area contributed by atoms with E-state index in [0.29, 0.717) is 25.9 Å². The first-order valence-corrected chi connectivity index (χ1v) is 11.1. The van der Waals surface area contributed by atoms with Crippen molar-refractivity contribution in [3.63, 3.8) is 0 Å². The van der Waals surface area contributed by atoms with Gasteiger partial charge in [0.05, 0.1) is 25.2 Å². The number of ether oxygens (including phenoxy) is 2. The van der Waals surface area contributed by atoms with Crippen LogP contribution in [0.15, 0.2) is 23.0 Å². The molecule has 31 heavy (non-hydrogen) atoms. The van der Waals surface area contributed by atoms with Gasteiger partial charge >= 0.3 is 5.97 Å². The fourth-order valence-electron chi connectivity index (χ4n) is 6.70. The number of ketones is 2. The van der Waals surface area contributed by atoms with Gasteiger partial charge in [-0.3, -0.25) is 14.4 Å². The number of furan rings is 1. The minimum atomic E-state index is -0.763. The minimum Gasteiger partial charge on any atom is -0.472 e. The van der Waals surface area contributed by atoms with Crippen LogP contribution in [0, 0.1) is 28.6 Å². The molecule has 7 nitrogen and oxygen atoms in total. The molecule has 4 rings (SSSR count). The number of nitrogens with zero attached hydrogens (tertiary/aromatic N) is 1. The molecular weight excluding hydrogens is 398 g/mol. The molecule has 1 aliphatic heterocycles. The van der Waals surface area contributed by atoms with Gasteiger partial charge in [0, 0.05) is 37.3 Å². The highest BCUT2D eigenvalue weighted by atomic mass is 16.5. The maximum absolute atomic E-state index is 13.8. The number of carbonyl (C=O) groups excluding carboxylic acids is 3. The molecule has 0 aromatic carbocycles. The van der Waals surface area contributed by atoms with E-state index in [1.165, 1.54) is 6.92 Å². The van der Waals surface area contributed by atoms with Gasteiger partial charge in [-0.05, 0) is 49.8 Å². The molecule has 2 saturated carbocycles. The average Bonchev–Trinajstić information content (AvgIpc) is 3.19. The van der Waals surface area contributed by atoms with Gasteiger partial charge in [0.25, 0.3) is 0 Å². The van der Waals surface area contributed by atoms with Gasteiger partial charge in [0.15, 0.2) is 11.9 Å². The zero-order chi connectivity index (χ0) is 22.6. The number of carbonyl (C=O) groups is 3. The second kappa shape index (κ2) is 7.85. The minimum absolute atomic E-state index is 0.0412. The Morgan fingerprint density at radius 2 is 2.00 bits per heavy atom. The third kappa shape index (κ3) is 3.65. The van der Waals surface area contributed by atoms with Crippen molar-refractivity contribution in [2.45, 2.75) is 52.2 Å². The molecule has 1 aromatic rings. The molecular formula is C24H33NO6. The van der Waals surface area contributed by atoms with Crippen LogP contribution in [0.1, 0.15) is 51.7 Å². The lowest BCUT2D eigenvalue weighted by molar-refractivity contribution is -0.203. The van der Waals surface area contributed by atoms with E-state index in [2.05, 4.69) is 18.7 Å². The van der Waals surface area contributed by atoms with E-state index in [0.717, 1.165) is 12.1 Å². The largest absolute Gasteiger partial charge is 0.472 e. The fourth-order valence-corrected chi connectivity index (χ4v) is 6.70. The summed E-state index contributed by atoms with van der Waals surface area (Å²) < 4.78 is 16.8. The fraction of sp³-hybridized carbons (Fsp3) is 0.708. The molecule has 0 spiro atoms. The van der Waals surface area contributed by atoms with Crippen molar-refractivity contribution in [3.8, 4) is 0 Å². The Hall–Kier alpha value is -1.99. The lowest BCUT2D eigenvalue weighted by Crippen LogP contribution is -2.66. The van der Waals surface area contributed by atoms with Gasteiger partial charge in [0.1, 0.15) is 5.78 Å². The van der Waals surface area contributed by atoms with E-state index < -0.39 is 22.9 Å². The highest BCUT2D eigenvalue weighted by Crippen LogP contribution is 2.63. The monoisotopic (exact) mass is 431 g/mol. The summed E-state index contributed by atoms with van der Waals surface area (Å²) in [5, 5.41) is 0. The van der Waals surface area contributed by atoms with E-state index in [1.54, 1.807) is 12.5 Å². The maximum Gasteiger partial charge on any atom is 0.303 e. The van der Waals surface area contributed by atoms with Crippen LogP contribution in [-0.4, -0.2) is 55.8 Å². The number of fused-ring (bicyclic) bond motifs is 3. The van der Waals surface area contributed by atoms with Crippen LogP contribution in [0.4, 0.5) is 0 Å². The molecule has 2 heterocycles. The number of Topliss-reactive ketones (excluding diaryl/α,β-unsaturated/α-hetero) is 2. The summed E-state index contributed by atoms with van der Waals surface area (Å²) in [5.41, 5.74) is -0.146. The van der Waals surface area contributed by atoms with Gasteiger partial charge in [-0.2, -0.15) is 0 Å². The number of esters is 1. The Labute approximate surface area is 183 Å². The van der Waals surface area contributed by atoms with Crippen molar-refractivity contribution in [1.82, 2.24) is 4.90 Å². The lowest BCUT2D eigenvalue weighted by Gasteiger charge is -2.62. The first-order valence-electron chi connectivity index (χ1n) is 11.1. The Morgan fingerprint density at radius 3 is 2.61 bits per heavy atom. The molecule has 170 valence electrons. The summed E-state index contributed by atoms with van der Waals surface area (Å²) in [4.78, 5) is 41.1. The summed E-state index contributed by atoms with van der Waals surface area (Å²) in [6.45, 7) is 6.53. The second-order valence-electron chi connectivity index (χ2n) is 10.4. The molecule has 0 bridgehead atoms. The van der Waals surface area contributed by atoms with Crippen molar-refractivity contribution in [1.29, 1.82) is 0 Å². The molecule has 3 aliphatic rings. The van der Waals surface area contributed by atoms with Crippen LogP contribution in [0.5, 0.6) is 0 Å². The third-order valence-electron chi connectivity index (χ3n) is 7.99. The Bertz CT molecular complexity index is 863. The summed E-state index contributed by atoms with van der Waals surface area (Å²) in [5.74, 6) is -0.971. The van der Waals surface area contributed by atoms with E-state index in [-0.39, 0.29) is 35.4 Å². The molecule has 1 unspecified atom stereocenters. The molecule has 1 aromatic heterocycles. The van der Waals surface area contributed by atoms with Crippen LogP contribution in [0.25, 0.3) is 0 Å². The maximum atomic E-state index is 13.8. The second-order valence-corrected chi connectivity index (χ2v) is 10.4. The van der Waals surface area contributed by atoms with E-state index >= 15 is 0 Å². The zero-order valence-corrected chi connectivity index (χ0v) is 19.1. The smallest absolute Gasteiger partial charge is 0.303 e. The number of rotatable bonds is 4. The lowest BCUT2D eigenvalue weighted by atomic mass is 9.43. The third-order valence-corrected chi connectivity index (χ3v) is 7.99. The molecule has 0 N–H and O–H groups in total. The molecule has 0 radical (unpaired) electrons. The predicted molar refractivity (Wildman–Crippen MR) is 112 cm³/mol. The summed E-state index contributed by atoms with van der Waals surface area (Å²) in [7, 11) is 3.99. The quantitative estimate of drug-likeness (QED) is 0.677. The van der Waals surface area contributed by atoms with Crippen LogP contribution in [0.2, 0.25) is 0 Å². The van der Waals surface area contributed by atoms with Gasteiger partial charge in [0.2, 0.25) is 0 Å². The van der Waals surface area contributed by atoms with Gasteiger partial charge in [-0.15, -0.1) is 0 Å². The first-order chi connectivity index (χ1) is 14.6.